The van der Waals surface area contributed by atoms with Crippen LogP contribution in [0.1, 0.15) is 18.4 Å². The van der Waals surface area contributed by atoms with Crippen LogP contribution >= 0.6 is 0 Å². The van der Waals surface area contributed by atoms with Crippen molar-refractivity contribution < 1.29 is 4.79 Å². The van der Waals surface area contributed by atoms with Crippen LogP contribution in [-0.2, 0) is 11.3 Å². The fraction of sp³-hybridized carbons (Fsp3) is 0.308. The summed E-state index contributed by atoms with van der Waals surface area (Å²) in [6, 6.07) is 9.74. The zero-order chi connectivity index (χ0) is 12.8. The zero-order valence-electron chi connectivity index (χ0n) is 10.3. The first-order chi connectivity index (χ1) is 8.77. The van der Waals surface area contributed by atoms with Crippen molar-refractivity contribution in [1.29, 1.82) is 0 Å². The molecule has 5 nitrogen and oxygen atoms in total. The molecule has 1 atom stereocenters. The van der Waals surface area contributed by atoms with Crippen LogP contribution in [-0.4, -0.2) is 27.4 Å². The molecule has 0 spiro atoms. The molecule has 0 saturated carbocycles. The van der Waals surface area contributed by atoms with Crippen molar-refractivity contribution in [2.75, 3.05) is 6.54 Å². The van der Waals surface area contributed by atoms with Gasteiger partial charge in [-0.25, -0.2) is 0 Å². The van der Waals surface area contributed by atoms with Gasteiger partial charge in [-0.1, -0.05) is 35.5 Å². The molecule has 0 radical (unpaired) electrons. The normalized spacial score (nSPS) is 12.1. The molecule has 0 aliphatic rings. The third kappa shape index (κ3) is 3.16. The number of benzene rings is 1. The van der Waals surface area contributed by atoms with Crippen molar-refractivity contribution in [3.8, 4) is 0 Å². The minimum absolute atomic E-state index is 0.0290. The van der Waals surface area contributed by atoms with Gasteiger partial charge in [0, 0.05) is 12.7 Å². The van der Waals surface area contributed by atoms with Crippen LogP contribution in [0.4, 0.5) is 0 Å². The van der Waals surface area contributed by atoms with E-state index in [1.807, 2.05) is 37.3 Å². The van der Waals surface area contributed by atoms with Crippen LogP contribution in [0.2, 0.25) is 0 Å². The van der Waals surface area contributed by atoms with Gasteiger partial charge < -0.3 is 5.32 Å². The molecule has 5 heteroatoms. The molecule has 2 aromatic rings. The molecule has 0 aliphatic carbocycles. The lowest BCUT2D eigenvalue weighted by Gasteiger charge is -2.12. The fourth-order valence-corrected chi connectivity index (χ4v) is 1.69. The van der Waals surface area contributed by atoms with Crippen LogP contribution in [0.5, 0.6) is 0 Å². The van der Waals surface area contributed by atoms with E-state index >= 15 is 0 Å². The van der Waals surface area contributed by atoms with E-state index in [2.05, 4.69) is 15.6 Å². The minimum Gasteiger partial charge on any atom is -0.354 e. The van der Waals surface area contributed by atoms with Crippen LogP contribution < -0.4 is 5.32 Å². The number of aromatic nitrogens is 3. The second-order valence-corrected chi connectivity index (χ2v) is 4.09. The van der Waals surface area contributed by atoms with E-state index < -0.39 is 0 Å². The molecule has 0 fully saturated rings. The van der Waals surface area contributed by atoms with Crippen LogP contribution in [0.15, 0.2) is 42.7 Å². The van der Waals surface area contributed by atoms with Crippen molar-refractivity contribution in [3.63, 3.8) is 0 Å². The van der Waals surface area contributed by atoms with Crippen LogP contribution in [0.25, 0.3) is 0 Å². The van der Waals surface area contributed by atoms with Gasteiger partial charge in [0.05, 0.1) is 18.7 Å². The third-order valence-electron chi connectivity index (χ3n) is 2.80. The van der Waals surface area contributed by atoms with Gasteiger partial charge in [0.15, 0.2) is 0 Å². The molecule has 1 heterocycles. The lowest BCUT2D eigenvalue weighted by atomic mass is 10.0. The Morgan fingerprint density at radius 3 is 2.83 bits per heavy atom. The Hall–Kier alpha value is -2.17. The van der Waals surface area contributed by atoms with Gasteiger partial charge in [0.25, 0.3) is 0 Å². The van der Waals surface area contributed by atoms with Crippen molar-refractivity contribution in [1.82, 2.24) is 20.3 Å². The standard InChI is InChI=1S/C13H16N4O/c1-11(12-5-3-2-4-6-12)13(18)14-7-9-17-10-8-15-16-17/h2-6,8,10-11H,7,9H2,1H3,(H,14,18)/t11-/m0/s1. The van der Waals surface area contributed by atoms with Crippen molar-refractivity contribution in [3.05, 3.63) is 48.3 Å². The van der Waals surface area contributed by atoms with Gasteiger partial charge in [0.1, 0.15) is 0 Å². The van der Waals surface area contributed by atoms with Gasteiger partial charge in [-0.3, -0.25) is 9.48 Å². The third-order valence-corrected chi connectivity index (χ3v) is 2.80. The topological polar surface area (TPSA) is 59.8 Å². The first-order valence-electron chi connectivity index (χ1n) is 5.94. The average molecular weight is 244 g/mol. The number of nitrogens with one attached hydrogen (secondary N) is 1. The van der Waals surface area contributed by atoms with E-state index in [1.54, 1.807) is 17.1 Å². The van der Waals surface area contributed by atoms with Crippen LogP contribution in [0.3, 0.4) is 0 Å². The van der Waals surface area contributed by atoms with Gasteiger partial charge in [-0.05, 0) is 12.5 Å². The highest BCUT2D eigenvalue weighted by Gasteiger charge is 2.13. The lowest BCUT2D eigenvalue weighted by Crippen LogP contribution is -2.31. The molecule has 1 N–H and O–H groups in total. The zero-order valence-corrected chi connectivity index (χ0v) is 10.3. The highest BCUT2D eigenvalue weighted by molar-refractivity contribution is 5.83. The largest absolute Gasteiger partial charge is 0.354 e. The number of carbonyl (C=O) groups excluding carboxylic acids is 1. The minimum atomic E-state index is -0.137. The van der Waals surface area contributed by atoms with Gasteiger partial charge in [-0.2, -0.15) is 0 Å². The molecule has 1 aromatic carbocycles. The highest BCUT2D eigenvalue weighted by Crippen LogP contribution is 2.13. The van der Waals surface area contributed by atoms with E-state index in [1.165, 1.54) is 0 Å². The van der Waals surface area contributed by atoms with Crippen molar-refractivity contribution >= 4 is 5.91 Å². The molecule has 94 valence electrons. The molecule has 0 bridgehead atoms. The molecule has 0 saturated heterocycles. The predicted molar refractivity (Wildman–Crippen MR) is 67.9 cm³/mol. The lowest BCUT2D eigenvalue weighted by molar-refractivity contribution is -0.122. The molecule has 1 aromatic heterocycles. The number of rotatable bonds is 5. The summed E-state index contributed by atoms with van der Waals surface area (Å²) in [5, 5.41) is 10.4. The van der Waals surface area contributed by atoms with E-state index in [9.17, 15) is 4.79 Å². The van der Waals surface area contributed by atoms with E-state index in [-0.39, 0.29) is 11.8 Å². The number of hydrogen-bond acceptors (Lipinski definition) is 3. The van der Waals surface area contributed by atoms with Gasteiger partial charge >= 0.3 is 0 Å². The molecular weight excluding hydrogens is 228 g/mol. The first-order valence-corrected chi connectivity index (χ1v) is 5.94. The van der Waals surface area contributed by atoms with Gasteiger partial charge in [-0.15, -0.1) is 5.10 Å². The Bertz CT molecular complexity index is 481. The quantitative estimate of drug-likeness (QED) is 0.859. The maximum Gasteiger partial charge on any atom is 0.227 e. The fourth-order valence-electron chi connectivity index (χ4n) is 1.69. The summed E-state index contributed by atoms with van der Waals surface area (Å²) in [5.41, 5.74) is 1.02. The summed E-state index contributed by atoms with van der Waals surface area (Å²) < 4.78 is 1.69. The monoisotopic (exact) mass is 244 g/mol. The molecule has 1 amide bonds. The maximum atomic E-state index is 11.9. The smallest absolute Gasteiger partial charge is 0.227 e. The number of nitrogens with zero attached hydrogens (tertiary/aromatic N) is 3. The highest BCUT2D eigenvalue weighted by atomic mass is 16.1. The molecule has 0 aliphatic heterocycles. The number of hydrogen-bond donors (Lipinski definition) is 1. The molecule has 2 rings (SSSR count). The Morgan fingerprint density at radius 2 is 2.17 bits per heavy atom. The molecule has 0 unspecified atom stereocenters. The summed E-state index contributed by atoms with van der Waals surface area (Å²) in [6.07, 6.45) is 3.39. The van der Waals surface area contributed by atoms with Crippen molar-refractivity contribution in [2.45, 2.75) is 19.4 Å². The summed E-state index contributed by atoms with van der Waals surface area (Å²) in [6.45, 7) is 3.09. The SMILES string of the molecule is C[C@H](C(=O)NCCn1ccnn1)c1ccccc1. The first kappa shape index (κ1) is 12.3. The molecular formula is C13H16N4O. The molecule has 18 heavy (non-hydrogen) atoms. The maximum absolute atomic E-state index is 11.9. The summed E-state index contributed by atoms with van der Waals surface area (Å²) in [5.74, 6) is -0.108. The summed E-state index contributed by atoms with van der Waals surface area (Å²) in [4.78, 5) is 11.9. The number of amides is 1. The van der Waals surface area contributed by atoms with E-state index in [4.69, 9.17) is 0 Å². The second-order valence-electron chi connectivity index (χ2n) is 4.09. The Labute approximate surface area is 106 Å². The van der Waals surface area contributed by atoms with E-state index in [0.717, 1.165) is 5.56 Å². The second kappa shape index (κ2) is 5.95. The van der Waals surface area contributed by atoms with Gasteiger partial charge in [0.2, 0.25) is 5.91 Å². The Kier molecular flexibility index (Phi) is 4.06. The van der Waals surface area contributed by atoms with E-state index in [0.29, 0.717) is 13.1 Å². The average Bonchev–Trinajstić information content (AvgIpc) is 2.92. The van der Waals surface area contributed by atoms with Crippen LogP contribution in [0, 0.1) is 0 Å². The summed E-state index contributed by atoms with van der Waals surface area (Å²) >= 11 is 0. The Morgan fingerprint density at radius 1 is 1.39 bits per heavy atom. The Balaban J connectivity index is 1.81. The van der Waals surface area contributed by atoms with Crippen molar-refractivity contribution in [2.24, 2.45) is 0 Å². The predicted octanol–water partition coefficient (Wildman–Crippen LogP) is 1.20. The summed E-state index contributed by atoms with van der Waals surface area (Å²) in [7, 11) is 0. The number of carbonyl (C=O) groups is 1.